The fourth-order valence-electron chi connectivity index (χ4n) is 1.65. The van der Waals surface area contributed by atoms with E-state index in [0.717, 1.165) is 4.47 Å². The maximum Gasteiger partial charge on any atom is 0.211 e. The maximum atomic E-state index is 11.2. The second-order valence-corrected chi connectivity index (χ2v) is 6.73. The van der Waals surface area contributed by atoms with Crippen LogP contribution in [0.5, 0.6) is 0 Å². The first-order chi connectivity index (χ1) is 6.97. The number of hydrogen-bond acceptors (Lipinski definition) is 2. The fourth-order valence-corrected chi connectivity index (χ4v) is 2.82. The van der Waals surface area contributed by atoms with E-state index in [1.807, 2.05) is 24.3 Å². The molecule has 3 nitrogen and oxygen atoms in total. The Bertz CT molecular complexity index is 449. The van der Waals surface area contributed by atoms with E-state index >= 15 is 0 Å². The molecule has 1 heterocycles. The van der Waals surface area contributed by atoms with E-state index in [2.05, 4.69) is 15.9 Å². The summed E-state index contributed by atoms with van der Waals surface area (Å²) in [6.45, 7) is 1.22. The summed E-state index contributed by atoms with van der Waals surface area (Å²) in [6.07, 6.45) is 1.25. The molecule has 2 rings (SSSR count). The van der Waals surface area contributed by atoms with Gasteiger partial charge in [-0.05, 0) is 17.7 Å². The van der Waals surface area contributed by atoms with Crippen LogP contribution in [0.2, 0.25) is 0 Å². The normalized spacial score (nSPS) is 18.8. The van der Waals surface area contributed by atoms with Gasteiger partial charge in [-0.3, -0.25) is 0 Å². The molecule has 1 aliphatic heterocycles. The van der Waals surface area contributed by atoms with Gasteiger partial charge >= 0.3 is 0 Å². The summed E-state index contributed by atoms with van der Waals surface area (Å²) in [5.41, 5.74) is 1.21. The highest BCUT2D eigenvalue weighted by molar-refractivity contribution is 9.10. The minimum atomic E-state index is -2.99. The first-order valence-corrected chi connectivity index (χ1v) is 7.31. The summed E-state index contributed by atoms with van der Waals surface area (Å²) < 4.78 is 24.9. The number of halogens is 1. The lowest BCUT2D eigenvalue weighted by Crippen LogP contribution is -2.47. The molecule has 0 bridgehead atoms. The minimum absolute atomic E-state index is 0.354. The van der Waals surface area contributed by atoms with Gasteiger partial charge in [0.05, 0.1) is 6.26 Å². The van der Waals surface area contributed by atoms with E-state index in [0.29, 0.717) is 19.0 Å². The van der Waals surface area contributed by atoms with Gasteiger partial charge in [0.25, 0.3) is 0 Å². The van der Waals surface area contributed by atoms with Gasteiger partial charge in [0.1, 0.15) is 0 Å². The van der Waals surface area contributed by atoms with Crippen LogP contribution in [0.15, 0.2) is 28.7 Å². The predicted octanol–water partition coefficient (Wildman–Crippen LogP) is 1.81. The summed E-state index contributed by atoms with van der Waals surface area (Å²) in [4.78, 5) is 0. The van der Waals surface area contributed by atoms with Crippen LogP contribution < -0.4 is 0 Å². The van der Waals surface area contributed by atoms with Gasteiger partial charge in [-0.1, -0.05) is 28.1 Å². The highest BCUT2D eigenvalue weighted by Crippen LogP contribution is 2.29. The van der Waals surface area contributed by atoms with E-state index in [-0.39, 0.29) is 0 Å². The smallest absolute Gasteiger partial charge is 0.211 e. The van der Waals surface area contributed by atoms with Crippen molar-refractivity contribution in [3.05, 3.63) is 34.3 Å². The first-order valence-electron chi connectivity index (χ1n) is 4.67. The molecule has 5 heteroatoms. The van der Waals surface area contributed by atoms with Crippen molar-refractivity contribution in [2.45, 2.75) is 5.92 Å². The van der Waals surface area contributed by atoms with Crippen molar-refractivity contribution in [2.24, 2.45) is 0 Å². The number of nitrogens with zero attached hydrogens (tertiary/aromatic N) is 1. The number of sulfonamides is 1. The van der Waals surface area contributed by atoms with Gasteiger partial charge in [-0.25, -0.2) is 12.7 Å². The summed E-state index contributed by atoms with van der Waals surface area (Å²) in [5.74, 6) is 0.354. The molecule has 82 valence electrons. The Kier molecular flexibility index (Phi) is 2.87. The average molecular weight is 290 g/mol. The number of hydrogen-bond donors (Lipinski definition) is 0. The molecule has 1 aromatic rings. The zero-order valence-corrected chi connectivity index (χ0v) is 10.8. The van der Waals surface area contributed by atoms with Gasteiger partial charge in [0.15, 0.2) is 0 Å². The zero-order chi connectivity index (χ0) is 11.1. The molecule has 0 spiro atoms. The van der Waals surface area contributed by atoms with Crippen molar-refractivity contribution in [3.8, 4) is 0 Å². The summed E-state index contributed by atoms with van der Waals surface area (Å²) >= 11 is 3.37. The highest BCUT2D eigenvalue weighted by atomic mass is 79.9. The molecule has 0 radical (unpaired) electrons. The first kappa shape index (κ1) is 11.1. The lowest BCUT2D eigenvalue weighted by molar-refractivity contribution is 0.266. The Morgan fingerprint density at radius 1 is 1.27 bits per heavy atom. The molecule has 1 aliphatic rings. The van der Waals surface area contributed by atoms with E-state index in [9.17, 15) is 8.42 Å². The van der Waals surface area contributed by atoms with E-state index < -0.39 is 10.0 Å². The van der Waals surface area contributed by atoms with Crippen LogP contribution in [0.1, 0.15) is 11.5 Å². The summed E-state index contributed by atoms with van der Waals surface area (Å²) in [7, 11) is -2.99. The SMILES string of the molecule is CS(=O)(=O)N1CC(c2ccc(Br)cc2)C1. The van der Waals surface area contributed by atoms with Gasteiger partial charge in [0.2, 0.25) is 10.0 Å². The summed E-state index contributed by atoms with van der Waals surface area (Å²) in [6, 6.07) is 8.04. The van der Waals surface area contributed by atoms with E-state index in [1.165, 1.54) is 16.1 Å². The Hall–Kier alpha value is -0.390. The largest absolute Gasteiger partial charge is 0.213 e. The average Bonchev–Trinajstić information content (AvgIpc) is 2.03. The molecule has 0 N–H and O–H groups in total. The van der Waals surface area contributed by atoms with Gasteiger partial charge in [-0.15, -0.1) is 0 Å². The van der Waals surface area contributed by atoms with Crippen molar-refractivity contribution >= 4 is 26.0 Å². The molecule has 0 unspecified atom stereocenters. The third-order valence-electron chi connectivity index (χ3n) is 2.66. The minimum Gasteiger partial charge on any atom is -0.213 e. The third kappa shape index (κ3) is 2.41. The Labute approximate surface area is 98.3 Å². The standard InChI is InChI=1S/C10H12BrNO2S/c1-15(13,14)12-6-9(7-12)8-2-4-10(11)5-3-8/h2-5,9H,6-7H2,1H3. The molecule has 0 aliphatic carbocycles. The van der Waals surface area contributed by atoms with Crippen LogP contribution in [-0.4, -0.2) is 32.1 Å². The molecule has 1 saturated heterocycles. The Balaban J connectivity index is 2.04. The molecular formula is C10H12BrNO2S. The van der Waals surface area contributed by atoms with Crippen molar-refractivity contribution in [3.63, 3.8) is 0 Å². The molecular weight excluding hydrogens is 278 g/mol. The van der Waals surface area contributed by atoms with Crippen LogP contribution >= 0.6 is 15.9 Å². The van der Waals surface area contributed by atoms with Crippen LogP contribution in [-0.2, 0) is 10.0 Å². The lowest BCUT2D eigenvalue weighted by atomic mass is 9.94. The van der Waals surface area contributed by atoms with Crippen molar-refractivity contribution in [2.75, 3.05) is 19.3 Å². The zero-order valence-electron chi connectivity index (χ0n) is 8.35. The van der Waals surface area contributed by atoms with Gasteiger partial charge in [0, 0.05) is 23.5 Å². The monoisotopic (exact) mass is 289 g/mol. The Morgan fingerprint density at radius 3 is 2.27 bits per heavy atom. The van der Waals surface area contributed by atoms with Gasteiger partial charge in [-0.2, -0.15) is 0 Å². The van der Waals surface area contributed by atoms with E-state index in [4.69, 9.17) is 0 Å². The molecule has 0 aromatic heterocycles. The van der Waals surface area contributed by atoms with Crippen LogP contribution in [0.25, 0.3) is 0 Å². The van der Waals surface area contributed by atoms with Crippen molar-refractivity contribution in [1.82, 2.24) is 4.31 Å². The molecule has 0 atom stereocenters. The quantitative estimate of drug-likeness (QED) is 0.833. The molecule has 1 fully saturated rings. The van der Waals surface area contributed by atoms with Crippen LogP contribution in [0.3, 0.4) is 0 Å². The van der Waals surface area contributed by atoms with Crippen molar-refractivity contribution < 1.29 is 8.42 Å². The third-order valence-corrected chi connectivity index (χ3v) is 4.42. The maximum absolute atomic E-state index is 11.2. The van der Waals surface area contributed by atoms with Crippen LogP contribution in [0, 0.1) is 0 Å². The molecule has 15 heavy (non-hydrogen) atoms. The topological polar surface area (TPSA) is 37.4 Å². The second-order valence-electron chi connectivity index (χ2n) is 3.83. The number of benzene rings is 1. The van der Waals surface area contributed by atoms with Gasteiger partial charge < -0.3 is 0 Å². The molecule has 0 saturated carbocycles. The second kappa shape index (κ2) is 3.88. The Morgan fingerprint density at radius 2 is 1.80 bits per heavy atom. The fraction of sp³-hybridized carbons (Fsp3) is 0.400. The van der Waals surface area contributed by atoms with Crippen molar-refractivity contribution in [1.29, 1.82) is 0 Å². The van der Waals surface area contributed by atoms with E-state index in [1.54, 1.807) is 0 Å². The number of rotatable bonds is 2. The highest BCUT2D eigenvalue weighted by Gasteiger charge is 2.33. The van der Waals surface area contributed by atoms with Crippen LogP contribution in [0.4, 0.5) is 0 Å². The predicted molar refractivity (Wildman–Crippen MR) is 63.3 cm³/mol. The lowest BCUT2D eigenvalue weighted by Gasteiger charge is -2.37. The molecule has 1 aromatic carbocycles. The molecule has 0 amide bonds. The summed E-state index contributed by atoms with van der Waals surface area (Å²) in [5, 5.41) is 0.